The number of amides is 3. The van der Waals surface area contributed by atoms with Crippen molar-refractivity contribution in [2.45, 2.75) is 18.6 Å². The zero-order valence-electron chi connectivity index (χ0n) is 19.1. The van der Waals surface area contributed by atoms with Gasteiger partial charge in [0.2, 0.25) is 11.8 Å². The van der Waals surface area contributed by atoms with Crippen LogP contribution < -0.4 is 15.5 Å². The molecular formula is C26H21N5O4S. The third kappa shape index (κ3) is 4.71. The minimum absolute atomic E-state index is 0.0463. The molecule has 3 aromatic carbocycles. The predicted octanol–water partition coefficient (Wildman–Crippen LogP) is 3.89. The van der Waals surface area contributed by atoms with Gasteiger partial charge in [0.05, 0.1) is 11.4 Å². The highest BCUT2D eigenvalue weighted by Gasteiger charge is 2.40. The minimum atomic E-state index is -0.743. The molecule has 0 radical (unpaired) electrons. The second-order valence-electron chi connectivity index (χ2n) is 8.25. The Bertz CT molecular complexity index is 1420. The van der Waals surface area contributed by atoms with Crippen molar-refractivity contribution in [2.24, 2.45) is 10.2 Å². The molecule has 9 nitrogen and oxygen atoms in total. The molecule has 0 aliphatic carbocycles. The van der Waals surface area contributed by atoms with Crippen LogP contribution >= 0.6 is 11.8 Å². The van der Waals surface area contributed by atoms with E-state index in [1.807, 2.05) is 19.1 Å². The van der Waals surface area contributed by atoms with Gasteiger partial charge in [-0.05, 0) is 49.4 Å². The van der Waals surface area contributed by atoms with Crippen LogP contribution in [0.5, 0.6) is 5.75 Å². The van der Waals surface area contributed by atoms with E-state index in [4.69, 9.17) is 0 Å². The van der Waals surface area contributed by atoms with Crippen molar-refractivity contribution < 1.29 is 19.5 Å². The molecule has 0 unspecified atom stereocenters. The fraction of sp³-hybridized carbons (Fsp3) is 0.115. The normalized spacial score (nSPS) is 19.0. The van der Waals surface area contributed by atoms with Crippen LogP contribution in [-0.2, 0) is 14.4 Å². The van der Waals surface area contributed by atoms with Crippen molar-refractivity contribution in [3.05, 3.63) is 83.9 Å². The zero-order valence-corrected chi connectivity index (χ0v) is 20.0. The summed E-state index contributed by atoms with van der Waals surface area (Å²) in [4.78, 5) is 39.8. The molecule has 0 bridgehead atoms. The van der Waals surface area contributed by atoms with Crippen LogP contribution in [0.2, 0.25) is 0 Å². The van der Waals surface area contributed by atoms with Gasteiger partial charge >= 0.3 is 0 Å². The minimum Gasteiger partial charge on any atom is -0.508 e. The lowest BCUT2D eigenvalue weighted by molar-refractivity contribution is -0.121. The molecule has 0 saturated carbocycles. The summed E-state index contributed by atoms with van der Waals surface area (Å²) >= 11 is 1.10. The molecule has 2 aliphatic heterocycles. The molecule has 180 valence electrons. The number of thioether (sulfide) groups is 1. The monoisotopic (exact) mass is 499 g/mol. The second kappa shape index (κ2) is 9.67. The van der Waals surface area contributed by atoms with Gasteiger partial charge in [0.25, 0.3) is 5.91 Å². The number of aryl methyl sites for hydroxylation is 1. The maximum absolute atomic E-state index is 13.3. The molecule has 0 spiro atoms. The highest BCUT2D eigenvalue weighted by Crippen LogP contribution is 2.35. The number of para-hydroxylation sites is 1. The first-order chi connectivity index (χ1) is 17.4. The van der Waals surface area contributed by atoms with Gasteiger partial charge in [0.1, 0.15) is 11.0 Å². The lowest BCUT2D eigenvalue weighted by Crippen LogP contribution is -2.33. The lowest BCUT2D eigenvalue weighted by Gasteiger charge is -2.16. The highest BCUT2D eigenvalue weighted by molar-refractivity contribution is 8.16. The maximum Gasteiger partial charge on any atom is 0.276 e. The molecule has 36 heavy (non-hydrogen) atoms. The van der Waals surface area contributed by atoms with Gasteiger partial charge in [0.15, 0.2) is 10.9 Å². The van der Waals surface area contributed by atoms with Crippen molar-refractivity contribution in [2.75, 3.05) is 15.5 Å². The van der Waals surface area contributed by atoms with Crippen LogP contribution in [-0.4, -0.2) is 39.0 Å². The zero-order chi connectivity index (χ0) is 25.2. The molecule has 3 aromatic rings. The van der Waals surface area contributed by atoms with Gasteiger partial charge in [-0.2, -0.15) is 0 Å². The van der Waals surface area contributed by atoms with Crippen LogP contribution in [0, 0.1) is 6.92 Å². The van der Waals surface area contributed by atoms with Crippen LogP contribution in [0.3, 0.4) is 0 Å². The molecule has 3 amide bonds. The molecular weight excluding hydrogens is 478 g/mol. The third-order valence-electron chi connectivity index (χ3n) is 5.63. The Balaban J connectivity index is 1.42. The first-order valence-electron chi connectivity index (χ1n) is 11.1. The Morgan fingerprint density at radius 1 is 1.03 bits per heavy atom. The molecule has 1 atom stereocenters. The molecule has 3 N–H and O–H groups in total. The van der Waals surface area contributed by atoms with Crippen molar-refractivity contribution in [3.63, 3.8) is 0 Å². The Morgan fingerprint density at radius 3 is 2.50 bits per heavy atom. The van der Waals surface area contributed by atoms with Crippen molar-refractivity contribution in [1.82, 2.24) is 0 Å². The van der Waals surface area contributed by atoms with Crippen LogP contribution in [0.4, 0.5) is 17.1 Å². The number of phenols is 1. The van der Waals surface area contributed by atoms with Crippen molar-refractivity contribution in [1.29, 1.82) is 0 Å². The number of phenolic OH excluding ortho intramolecular Hbond substituents is 1. The largest absolute Gasteiger partial charge is 0.508 e. The number of benzene rings is 3. The molecule has 2 heterocycles. The van der Waals surface area contributed by atoms with Gasteiger partial charge in [-0.25, -0.2) is 0 Å². The fourth-order valence-corrected chi connectivity index (χ4v) is 4.90. The third-order valence-corrected chi connectivity index (χ3v) is 6.76. The van der Waals surface area contributed by atoms with E-state index in [1.54, 1.807) is 48.5 Å². The molecule has 10 heteroatoms. The molecule has 1 saturated heterocycles. The smallest absolute Gasteiger partial charge is 0.276 e. The van der Waals surface area contributed by atoms with Crippen molar-refractivity contribution >= 4 is 57.4 Å². The van der Waals surface area contributed by atoms with Crippen LogP contribution in [0.15, 0.2) is 83.0 Å². The number of carbonyl (C=O) groups excluding carboxylic acids is 3. The van der Waals surface area contributed by atoms with E-state index in [-0.39, 0.29) is 40.8 Å². The highest BCUT2D eigenvalue weighted by atomic mass is 32.2. The van der Waals surface area contributed by atoms with Gasteiger partial charge < -0.3 is 15.7 Å². The summed E-state index contributed by atoms with van der Waals surface area (Å²) in [6.07, 6.45) is -0.0785. The van der Waals surface area contributed by atoms with Gasteiger partial charge in [0, 0.05) is 17.7 Å². The molecule has 1 fully saturated rings. The van der Waals surface area contributed by atoms with E-state index < -0.39 is 5.25 Å². The summed E-state index contributed by atoms with van der Waals surface area (Å²) in [5, 5.41) is 23.1. The van der Waals surface area contributed by atoms with E-state index in [1.165, 1.54) is 17.0 Å². The summed E-state index contributed by atoms with van der Waals surface area (Å²) in [7, 11) is 0. The maximum atomic E-state index is 13.3. The number of hydrogen-bond donors (Lipinski definition) is 3. The number of carbonyl (C=O) groups is 3. The van der Waals surface area contributed by atoms with E-state index >= 15 is 0 Å². The van der Waals surface area contributed by atoms with Crippen LogP contribution in [0.1, 0.15) is 17.5 Å². The Kier molecular flexibility index (Phi) is 6.26. The summed E-state index contributed by atoms with van der Waals surface area (Å²) in [6, 6.07) is 20.5. The fourth-order valence-electron chi connectivity index (χ4n) is 3.82. The van der Waals surface area contributed by atoms with E-state index in [0.29, 0.717) is 22.6 Å². The SMILES string of the molecule is Cc1ccc(NC(=O)C[C@@H]2S/C(=N\N=C3/C(=O)Nc4ccccc43)N(c3ccc(O)cc3)C2=O)cc1. The molecule has 0 aromatic heterocycles. The van der Waals surface area contributed by atoms with Gasteiger partial charge in [-0.1, -0.05) is 47.7 Å². The number of nitrogens with zero attached hydrogens (tertiary/aromatic N) is 3. The average molecular weight is 500 g/mol. The van der Waals surface area contributed by atoms with Gasteiger partial charge in [-0.15, -0.1) is 10.2 Å². The Hall–Kier alpha value is -4.44. The van der Waals surface area contributed by atoms with Gasteiger partial charge in [-0.3, -0.25) is 19.3 Å². The van der Waals surface area contributed by atoms with Crippen molar-refractivity contribution in [3.8, 4) is 5.75 Å². The standard InChI is InChI=1S/C26H21N5O4S/c1-15-6-8-16(9-7-15)27-22(33)14-21-25(35)31(17-10-12-18(32)13-11-17)26(36-21)30-29-23-19-4-2-3-5-20(19)28-24(23)34/h2-13,21,32H,14H2,1H3,(H,27,33)(H,28,29,34)/b30-26-/t21-/m0/s1. The number of aromatic hydroxyl groups is 1. The Morgan fingerprint density at radius 2 is 1.75 bits per heavy atom. The number of rotatable bonds is 5. The van der Waals surface area contributed by atoms with E-state index in [0.717, 1.165) is 17.3 Å². The van der Waals surface area contributed by atoms with E-state index in [2.05, 4.69) is 20.8 Å². The number of hydrogen-bond acceptors (Lipinski definition) is 7. The number of amidine groups is 1. The summed E-state index contributed by atoms with van der Waals surface area (Å²) in [5.74, 6) is -1.00. The second-order valence-corrected chi connectivity index (χ2v) is 9.42. The number of anilines is 3. The average Bonchev–Trinajstić information content (AvgIpc) is 3.35. The summed E-state index contributed by atoms with van der Waals surface area (Å²) < 4.78 is 0. The topological polar surface area (TPSA) is 123 Å². The molecule has 2 aliphatic rings. The number of nitrogens with one attached hydrogen (secondary N) is 2. The predicted molar refractivity (Wildman–Crippen MR) is 140 cm³/mol. The number of fused-ring (bicyclic) bond motifs is 1. The molecule has 5 rings (SSSR count). The summed E-state index contributed by atoms with van der Waals surface area (Å²) in [6.45, 7) is 1.95. The lowest BCUT2D eigenvalue weighted by atomic mass is 10.1. The quantitative estimate of drug-likeness (QED) is 0.460. The van der Waals surface area contributed by atoms with Crippen LogP contribution in [0.25, 0.3) is 0 Å². The van der Waals surface area contributed by atoms with E-state index in [9.17, 15) is 19.5 Å². The Labute approximate surface area is 210 Å². The summed E-state index contributed by atoms with van der Waals surface area (Å²) in [5.41, 5.74) is 3.56. The first-order valence-corrected chi connectivity index (χ1v) is 12.0. The first kappa shape index (κ1) is 23.3.